The van der Waals surface area contributed by atoms with Crippen molar-refractivity contribution in [1.82, 2.24) is 0 Å². The van der Waals surface area contributed by atoms with E-state index < -0.39 is 17.5 Å². The molecule has 0 aliphatic rings. The van der Waals surface area contributed by atoms with E-state index in [-0.39, 0.29) is 5.56 Å². The van der Waals surface area contributed by atoms with Crippen LogP contribution in [0.1, 0.15) is 10.4 Å². The second kappa shape index (κ2) is 6.10. The molecular weight excluding hydrogens is 298 g/mol. The number of carbonyl (C=O) groups excluding carboxylic acids is 1. The number of hydrogen-bond acceptors (Lipinski definition) is 2. The summed E-state index contributed by atoms with van der Waals surface area (Å²) in [7, 11) is 3.61. The Labute approximate surface area is 126 Å². The third kappa shape index (κ3) is 3.70. The topological polar surface area (TPSA) is 32.3 Å². The highest BCUT2D eigenvalue weighted by Gasteiger charge is 2.13. The average molecular weight is 311 g/mol. The van der Waals surface area contributed by atoms with E-state index in [1.54, 1.807) is 37.2 Å². The molecule has 2 rings (SSSR count). The van der Waals surface area contributed by atoms with Crippen LogP contribution in [0.5, 0.6) is 0 Å². The number of anilines is 2. The van der Waals surface area contributed by atoms with E-state index in [1.165, 1.54) is 0 Å². The van der Waals surface area contributed by atoms with Crippen LogP contribution in [0.4, 0.5) is 20.2 Å². The molecule has 1 N–H and O–H groups in total. The normalized spacial score (nSPS) is 10.3. The van der Waals surface area contributed by atoms with Gasteiger partial charge in [-0.15, -0.1) is 0 Å². The Morgan fingerprint density at radius 3 is 2.29 bits per heavy atom. The molecule has 0 fully saturated rings. The van der Waals surface area contributed by atoms with Crippen molar-refractivity contribution in [2.45, 2.75) is 0 Å². The standard InChI is InChI=1S/C15H13ClF2N2O/c1-20(2)14-4-3-10(16)7-13(14)19-15(21)9-5-11(17)8-12(18)6-9/h3-8H,1-2H3,(H,19,21). The van der Waals surface area contributed by atoms with Gasteiger partial charge < -0.3 is 10.2 Å². The van der Waals surface area contributed by atoms with Gasteiger partial charge in [-0.2, -0.15) is 0 Å². The van der Waals surface area contributed by atoms with Crippen molar-refractivity contribution in [2.75, 3.05) is 24.3 Å². The third-order valence-electron chi connectivity index (χ3n) is 2.81. The van der Waals surface area contributed by atoms with Crippen molar-refractivity contribution in [3.63, 3.8) is 0 Å². The Kier molecular flexibility index (Phi) is 4.43. The maximum absolute atomic E-state index is 13.1. The fourth-order valence-electron chi connectivity index (χ4n) is 1.88. The van der Waals surface area contributed by atoms with Crippen molar-refractivity contribution < 1.29 is 13.6 Å². The highest BCUT2D eigenvalue weighted by molar-refractivity contribution is 6.31. The summed E-state index contributed by atoms with van der Waals surface area (Å²) in [5.41, 5.74) is 1.09. The minimum Gasteiger partial charge on any atom is -0.376 e. The molecule has 0 bridgehead atoms. The first-order valence-electron chi connectivity index (χ1n) is 6.11. The lowest BCUT2D eigenvalue weighted by Gasteiger charge is -2.18. The molecule has 0 spiro atoms. The fraction of sp³-hybridized carbons (Fsp3) is 0.133. The molecule has 2 aromatic carbocycles. The van der Waals surface area contributed by atoms with Gasteiger partial charge in [-0.3, -0.25) is 4.79 Å². The van der Waals surface area contributed by atoms with Gasteiger partial charge in [-0.05, 0) is 30.3 Å². The van der Waals surface area contributed by atoms with Crippen LogP contribution in [-0.4, -0.2) is 20.0 Å². The van der Waals surface area contributed by atoms with Crippen molar-refractivity contribution in [3.8, 4) is 0 Å². The summed E-state index contributed by atoms with van der Waals surface area (Å²) < 4.78 is 26.3. The van der Waals surface area contributed by atoms with Gasteiger partial charge >= 0.3 is 0 Å². The maximum Gasteiger partial charge on any atom is 0.255 e. The number of nitrogens with zero attached hydrogens (tertiary/aromatic N) is 1. The molecule has 0 heterocycles. The second-order valence-corrected chi connectivity index (χ2v) is 5.10. The number of halogens is 3. The first-order valence-corrected chi connectivity index (χ1v) is 6.49. The number of nitrogens with one attached hydrogen (secondary N) is 1. The summed E-state index contributed by atoms with van der Waals surface area (Å²) in [5.74, 6) is -2.23. The van der Waals surface area contributed by atoms with Gasteiger partial charge in [0.2, 0.25) is 0 Å². The predicted octanol–water partition coefficient (Wildman–Crippen LogP) is 3.94. The number of carbonyl (C=O) groups is 1. The monoisotopic (exact) mass is 310 g/mol. The lowest BCUT2D eigenvalue weighted by Crippen LogP contribution is -2.17. The van der Waals surface area contributed by atoms with Gasteiger partial charge in [0.05, 0.1) is 11.4 Å². The van der Waals surface area contributed by atoms with E-state index in [0.717, 1.165) is 17.8 Å². The van der Waals surface area contributed by atoms with Gasteiger partial charge in [0, 0.05) is 30.7 Å². The van der Waals surface area contributed by atoms with Crippen LogP contribution in [0.3, 0.4) is 0 Å². The summed E-state index contributed by atoms with van der Waals surface area (Å²) >= 11 is 5.91. The molecule has 1 amide bonds. The largest absolute Gasteiger partial charge is 0.376 e. The van der Waals surface area contributed by atoms with Crippen LogP contribution in [0, 0.1) is 11.6 Å². The van der Waals surface area contributed by atoms with Crippen LogP contribution in [0.15, 0.2) is 36.4 Å². The van der Waals surface area contributed by atoms with Crippen LogP contribution >= 0.6 is 11.6 Å². The smallest absolute Gasteiger partial charge is 0.255 e. The zero-order valence-corrected chi connectivity index (χ0v) is 12.2. The molecule has 110 valence electrons. The molecule has 0 aromatic heterocycles. The summed E-state index contributed by atoms with van der Waals surface area (Å²) in [6.07, 6.45) is 0. The summed E-state index contributed by atoms with van der Waals surface area (Å²) in [6, 6.07) is 7.65. The predicted molar refractivity (Wildman–Crippen MR) is 80.1 cm³/mol. The second-order valence-electron chi connectivity index (χ2n) is 4.67. The zero-order chi connectivity index (χ0) is 15.6. The molecule has 0 saturated carbocycles. The lowest BCUT2D eigenvalue weighted by atomic mass is 10.2. The summed E-state index contributed by atoms with van der Waals surface area (Å²) in [6.45, 7) is 0. The van der Waals surface area contributed by atoms with Crippen molar-refractivity contribution in [2.24, 2.45) is 0 Å². The molecule has 2 aromatic rings. The maximum atomic E-state index is 13.1. The molecule has 0 saturated heterocycles. The van der Waals surface area contributed by atoms with E-state index in [2.05, 4.69) is 5.32 Å². The Morgan fingerprint density at radius 2 is 1.71 bits per heavy atom. The highest BCUT2D eigenvalue weighted by Crippen LogP contribution is 2.28. The lowest BCUT2D eigenvalue weighted by molar-refractivity contribution is 0.102. The quantitative estimate of drug-likeness (QED) is 0.931. The Hall–Kier alpha value is -2.14. The van der Waals surface area contributed by atoms with Crippen LogP contribution in [-0.2, 0) is 0 Å². The number of benzene rings is 2. The molecule has 3 nitrogen and oxygen atoms in total. The average Bonchev–Trinajstić information content (AvgIpc) is 2.37. The van der Waals surface area contributed by atoms with Crippen LogP contribution in [0.25, 0.3) is 0 Å². The number of amides is 1. The van der Waals surface area contributed by atoms with E-state index >= 15 is 0 Å². The van der Waals surface area contributed by atoms with Crippen LogP contribution < -0.4 is 10.2 Å². The third-order valence-corrected chi connectivity index (χ3v) is 3.05. The van der Waals surface area contributed by atoms with Crippen molar-refractivity contribution >= 4 is 28.9 Å². The molecule has 21 heavy (non-hydrogen) atoms. The van der Waals surface area contributed by atoms with Crippen molar-refractivity contribution in [3.05, 3.63) is 58.6 Å². The minimum atomic E-state index is -0.806. The van der Waals surface area contributed by atoms with E-state index in [0.29, 0.717) is 16.8 Å². The van der Waals surface area contributed by atoms with Crippen LogP contribution in [0.2, 0.25) is 5.02 Å². The Morgan fingerprint density at radius 1 is 1.10 bits per heavy atom. The highest BCUT2D eigenvalue weighted by atomic mass is 35.5. The van der Waals surface area contributed by atoms with Gasteiger partial charge in [0.15, 0.2) is 0 Å². The van der Waals surface area contributed by atoms with E-state index in [9.17, 15) is 13.6 Å². The molecule has 0 radical (unpaired) electrons. The molecule has 6 heteroatoms. The van der Waals surface area contributed by atoms with E-state index in [1.807, 2.05) is 0 Å². The minimum absolute atomic E-state index is 0.0998. The van der Waals surface area contributed by atoms with Gasteiger partial charge in [0.25, 0.3) is 5.91 Å². The molecular formula is C15H13ClF2N2O. The molecule has 0 atom stereocenters. The Bertz CT molecular complexity index is 669. The number of rotatable bonds is 3. The molecule has 0 aliphatic carbocycles. The first kappa shape index (κ1) is 15.3. The van der Waals surface area contributed by atoms with Crippen molar-refractivity contribution in [1.29, 1.82) is 0 Å². The fourth-order valence-corrected chi connectivity index (χ4v) is 2.05. The Balaban J connectivity index is 2.33. The first-order chi connectivity index (χ1) is 9.86. The van der Waals surface area contributed by atoms with Gasteiger partial charge in [-0.1, -0.05) is 11.6 Å². The summed E-state index contributed by atoms with van der Waals surface area (Å²) in [4.78, 5) is 13.9. The van der Waals surface area contributed by atoms with Gasteiger partial charge in [-0.25, -0.2) is 8.78 Å². The molecule has 0 aliphatic heterocycles. The summed E-state index contributed by atoms with van der Waals surface area (Å²) in [5, 5.41) is 3.05. The van der Waals surface area contributed by atoms with Gasteiger partial charge in [0.1, 0.15) is 11.6 Å². The zero-order valence-electron chi connectivity index (χ0n) is 11.5. The molecule has 0 unspecified atom stereocenters. The SMILES string of the molecule is CN(C)c1ccc(Cl)cc1NC(=O)c1cc(F)cc(F)c1. The van der Waals surface area contributed by atoms with E-state index in [4.69, 9.17) is 11.6 Å². The number of hydrogen-bond donors (Lipinski definition) is 1.